The summed E-state index contributed by atoms with van der Waals surface area (Å²) in [7, 11) is 0. The van der Waals surface area contributed by atoms with Crippen molar-refractivity contribution < 1.29 is 9.90 Å². The minimum Gasteiger partial charge on any atom is -0.477 e. The number of carbonyl (C=O) groups is 1. The van der Waals surface area contributed by atoms with Gasteiger partial charge in [-0.1, -0.05) is 11.6 Å². The average molecular weight is 376 g/mol. The maximum atomic E-state index is 11.0. The lowest BCUT2D eigenvalue weighted by atomic mass is 10.3. The number of halogens is 2. The summed E-state index contributed by atoms with van der Waals surface area (Å²) in [6.07, 6.45) is 2.54. The van der Waals surface area contributed by atoms with E-state index in [0.29, 0.717) is 5.02 Å². The number of hydrogen-bond donors (Lipinski definition) is 2. The Labute approximate surface area is 121 Å². The fraction of sp³-hybridized carbons (Fsp3) is 0. The van der Waals surface area contributed by atoms with Gasteiger partial charge in [-0.25, -0.2) is 14.8 Å². The quantitative estimate of drug-likeness (QED) is 0.806. The summed E-state index contributed by atoms with van der Waals surface area (Å²) >= 11 is 7.95. The zero-order valence-corrected chi connectivity index (χ0v) is 11.8. The number of aromatic nitrogens is 2. The van der Waals surface area contributed by atoms with Crippen LogP contribution in [0.2, 0.25) is 5.02 Å². The normalized spacial score (nSPS) is 10.1. The standard InChI is InChI=1S/C11H7ClIN3O2/c12-6-1-2-9(8(13)3-6)16-10-7(11(17)18)4-14-5-15-10/h1-5H,(H,17,18)(H,14,15,16). The predicted molar refractivity (Wildman–Crippen MR) is 76.4 cm³/mol. The monoisotopic (exact) mass is 375 g/mol. The van der Waals surface area contributed by atoms with Crippen LogP contribution in [0.25, 0.3) is 0 Å². The Balaban J connectivity index is 2.37. The van der Waals surface area contributed by atoms with Crippen LogP contribution in [0.3, 0.4) is 0 Å². The van der Waals surface area contributed by atoms with Crippen LogP contribution in [0.4, 0.5) is 11.5 Å². The highest BCUT2D eigenvalue weighted by molar-refractivity contribution is 14.1. The Hall–Kier alpha value is -1.41. The predicted octanol–water partition coefficient (Wildman–Crippen LogP) is 3.18. The first-order valence-corrected chi connectivity index (χ1v) is 6.29. The second-order valence-electron chi connectivity index (χ2n) is 3.34. The Bertz CT molecular complexity index is 607. The van der Waals surface area contributed by atoms with E-state index in [1.165, 1.54) is 12.5 Å². The van der Waals surface area contributed by atoms with Crippen LogP contribution in [0.5, 0.6) is 0 Å². The Kier molecular flexibility index (Phi) is 3.97. The first kappa shape index (κ1) is 13.0. The van der Waals surface area contributed by atoms with Crippen molar-refractivity contribution in [1.29, 1.82) is 0 Å². The molecule has 1 aromatic heterocycles. The second kappa shape index (κ2) is 5.49. The van der Waals surface area contributed by atoms with E-state index in [1.807, 2.05) is 0 Å². The molecule has 0 spiro atoms. The largest absolute Gasteiger partial charge is 0.477 e. The van der Waals surface area contributed by atoms with Crippen LogP contribution in [0.1, 0.15) is 10.4 Å². The summed E-state index contributed by atoms with van der Waals surface area (Å²) in [6.45, 7) is 0. The molecule has 0 aliphatic heterocycles. The molecule has 7 heteroatoms. The van der Waals surface area contributed by atoms with Gasteiger partial charge >= 0.3 is 5.97 Å². The van der Waals surface area contributed by atoms with Crippen LogP contribution in [-0.4, -0.2) is 21.0 Å². The molecule has 1 aromatic carbocycles. The third-order valence-electron chi connectivity index (χ3n) is 2.13. The highest BCUT2D eigenvalue weighted by Crippen LogP contribution is 2.25. The molecule has 2 N–H and O–H groups in total. The lowest BCUT2D eigenvalue weighted by Crippen LogP contribution is -2.06. The number of aromatic carboxylic acids is 1. The van der Waals surface area contributed by atoms with Gasteiger partial charge in [0.2, 0.25) is 0 Å². The molecule has 2 aromatic rings. The topological polar surface area (TPSA) is 75.1 Å². The van der Waals surface area contributed by atoms with Crippen LogP contribution < -0.4 is 5.32 Å². The Morgan fingerprint density at radius 2 is 2.22 bits per heavy atom. The average Bonchev–Trinajstić information content (AvgIpc) is 2.33. The molecule has 0 radical (unpaired) electrons. The molecular weight excluding hydrogens is 368 g/mol. The van der Waals surface area contributed by atoms with Crippen molar-refractivity contribution in [2.45, 2.75) is 0 Å². The van der Waals surface area contributed by atoms with Crippen molar-refractivity contribution in [3.8, 4) is 0 Å². The number of benzene rings is 1. The van der Waals surface area contributed by atoms with Gasteiger partial charge in [0.25, 0.3) is 0 Å². The minimum atomic E-state index is -1.08. The molecule has 0 atom stereocenters. The van der Waals surface area contributed by atoms with Crippen LogP contribution in [0, 0.1) is 3.57 Å². The third kappa shape index (κ3) is 2.88. The number of rotatable bonds is 3. The van der Waals surface area contributed by atoms with Crippen molar-refractivity contribution in [2.75, 3.05) is 5.32 Å². The zero-order chi connectivity index (χ0) is 13.1. The molecule has 92 valence electrons. The van der Waals surface area contributed by atoms with Crippen LogP contribution in [-0.2, 0) is 0 Å². The smallest absolute Gasteiger partial charge is 0.341 e. The third-order valence-corrected chi connectivity index (χ3v) is 3.25. The van der Waals surface area contributed by atoms with Gasteiger partial charge in [0.15, 0.2) is 0 Å². The molecule has 5 nitrogen and oxygen atoms in total. The van der Waals surface area contributed by atoms with Gasteiger partial charge in [-0.3, -0.25) is 0 Å². The van der Waals surface area contributed by atoms with Gasteiger partial charge in [0, 0.05) is 14.8 Å². The van der Waals surface area contributed by atoms with E-state index in [-0.39, 0.29) is 11.4 Å². The van der Waals surface area contributed by atoms with E-state index in [0.717, 1.165) is 9.26 Å². The highest BCUT2D eigenvalue weighted by Gasteiger charge is 2.12. The highest BCUT2D eigenvalue weighted by atomic mass is 127. The first-order chi connectivity index (χ1) is 8.58. The SMILES string of the molecule is O=C(O)c1cncnc1Nc1ccc(Cl)cc1I. The molecule has 0 saturated heterocycles. The minimum absolute atomic E-state index is 0.0169. The summed E-state index contributed by atoms with van der Waals surface area (Å²) in [5.74, 6) is -0.834. The number of nitrogens with one attached hydrogen (secondary N) is 1. The molecule has 1 heterocycles. The summed E-state index contributed by atoms with van der Waals surface area (Å²) in [5.41, 5.74) is 0.754. The molecular formula is C11H7ClIN3O2. The van der Waals surface area contributed by atoms with E-state index in [2.05, 4.69) is 37.9 Å². The van der Waals surface area contributed by atoms with Crippen molar-refractivity contribution >= 4 is 51.7 Å². The van der Waals surface area contributed by atoms with Crippen molar-refractivity contribution in [3.63, 3.8) is 0 Å². The maximum absolute atomic E-state index is 11.0. The van der Waals surface area contributed by atoms with Gasteiger partial charge in [0.05, 0.1) is 5.69 Å². The fourth-order valence-electron chi connectivity index (χ4n) is 1.30. The van der Waals surface area contributed by atoms with Crippen molar-refractivity contribution in [3.05, 3.63) is 44.9 Å². The molecule has 0 unspecified atom stereocenters. The van der Waals surface area contributed by atoms with Crippen LogP contribution in [0.15, 0.2) is 30.7 Å². The van der Waals surface area contributed by atoms with Crippen molar-refractivity contribution in [1.82, 2.24) is 9.97 Å². The maximum Gasteiger partial charge on any atom is 0.341 e. The molecule has 0 aliphatic rings. The molecule has 2 rings (SSSR count). The van der Waals surface area contributed by atoms with Gasteiger partial charge in [0.1, 0.15) is 17.7 Å². The number of carboxylic acid groups (broad SMARTS) is 1. The van der Waals surface area contributed by atoms with Gasteiger partial charge in [-0.05, 0) is 40.8 Å². The molecule has 0 bridgehead atoms. The number of hydrogen-bond acceptors (Lipinski definition) is 4. The first-order valence-electron chi connectivity index (χ1n) is 4.83. The Morgan fingerprint density at radius 3 is 2.89 bits per heavy atom. The number of carboxylic acids is 1. The number of anilines is 2. The Morgan fingerprint density at radius 1 is 1.44 bits per heavy atom. The zero-order valence-electron chi connectivity index (χ0n) is 8.89. The van der Waals surface area contributed by atoms with Crippen LogP contribution >= 0.6 is 34.2 Å². The van der Waals surface area contributed by atoms with E-state index in [1.54, 1.807) is 18.2 Å². The molecule has 0 aliphatic carbocycles. The molecule has 0 fully saturated rings. The lowest BCUT2D eigenvalue weighted by Gasteiger charge is -2.09. The molecule has 18 heavy (non-hydrogen) atoms. The van der Waals surface area contributed by atoms with Gasteiger partial charge in [-0.15, -0.1) is 0 Å². The van der Waals surface area contributed by atoms with Gasteiger partial charge in [-0.2, -0.15) is 0 Å². The van der Waals surface area contributed by atoms with E-state index < -0.39 is 5.97 Å². The molecule has 0 saturated carbocycles. The van der Waals surface area contributed by atoms with E-state index >= 15 is 0 Å². The summed E-state index contributed by atoms with van der Waals surface area (Å²) in [5, 5.41) is 12.6. The lowest BCUT2D eigenvalue weighted by molar-refractivity contribution is 0.0697. The van der Waals surface area contributed by atoms with E-state index in [4.69, 9.17) is 16.7 Å². The fourth-order valence-corrected chi connectivity index (χ4v) is 2.31. The summed E-state index contributed by atoms with van der Waals surface area (Å²) in [6, 6.07) is 5.25. The van der Waals surface area contributed by atoms with E-state index in [9.17, 15) is 4.79 Å². The number of nitrogens with zero attached hydrogens (tertiary/aromatic N) is 2. The van der Waals surface area contributed by atoms with Crippen molar-refractivity contribution in [2.24, 2.45) is 0 Å². The molecule has 0 amide bonds. The summed E-state index contributed by atoms with van der Waals surface area (Å²) in [4.78, 5) is 18.6. The summed E-state index contributed by atoms with van der Waals surface area (Å²) < 4.78 is 0.870. The van der Waals surface area contributed by atoms with Gasteiger partial charge < -0.3 is 10.4 Å². The second-order valence-corrected chi connectivity index (χ2v) is 4.94.